The minimum atomic E-state index is -3.48. The van der Waals surface area contributed by atoms with Crippen LogP contribution in [-0.4, -0.2) is 42.4 Å². The first-order valence-electron chi connectivity index (χ1n) is 7.39. The summed E-state index contributed by atoms with van der Waals surface area (Å²) < 4.78 is 26.5. The summed E-state index contributed by atoms with van der Waals surface area (Å²) in [6.07, 6.45) is 9.25. The van der Waals surface area contributed by atoms with E-state index in [4.69, 9.17) is 0 Å². The van der Waals surface area contributed by atoms with Crippen molar-refractivity contribution in [1.82, 2.24) is 14.1 Å². The van der Waals surface area contributed by atoms with Gasteiger partial charge < -0.3 is 0 Å². The third kappa shape index (κ3) is 3.91. The van der Waals surface area contributed by atoms with Gasteiger partial charge in [-0.05, 0) is 12.8 Å². The summed E-state index contributed by atoms with van der Waals surface area (Å²) in [5.74, 6) is 0.263. The molecule has 0 aromatic carbocycles. The maximum absolute atomic E-state index is 12.3. The predicted octanol–water partition coefficient (Wildman–Crippen LogP) is 1.67. The molecule has 0 atom stereocenters. The number of ketones is 1. The van der Waals surface area contributed by atoms with Crippen LogP contribution in [0.5, 0.6) is 0 Å². The van der Waals surface area contributed by atoms with Crippen LogP contribution in [0.15, 0.2) is 17.3 Å². The summed E-state index contributed by atoms with van der Waals surface area (Å²) in [5.41, 5.74) is 0. The Kier molecular flexibility index (Phi) is 5.16. The average molecular weight is 313 g/mol. The van der Waals surface area contributed by atoms with Crippen molar-refractivity contribution in [3.05, 3.63) is 12.4 Å². The number of aromatic nitrogens is 2. The van der Waals surface area contributed by atoms with Gasteiger partial charge in [0.15, 0.2) is 5.78 Å². The van der Waals surface area contributed by atoms with Crippen molar-refractivity contribution < 1.29 is 13.2 Å². The van der Waals surface area contributed by atoms with Crippen LogP contribution >= 0.6 is 0 Å². The van der Waals surface area contributed by atoms with Crippen LogP contribution in [-0.2, 0) is 21.4 Å². The van der Waals surface area contributed by atoms with E-state index in [1.165, 1.54) is 44.0 Å². The Morgan fingerprint density at radius 1 is 1.29 bits per heavy atom. The molecular weight excluding hydrogens is 290 g/mol. The lowest BCUT2D eigenvalue weighted by atomic mass is 9.95. The van der Waals surface area contributed by atoms with Crippen LogP contribution in [0.1, 0.15) is 38.5 Å². The van der Waals surface area contributed by atoms with Crippen molar-refractivity contribution in [1.29, 1.82) is 0 Å². The van der Waals surface area contributed by atoms with Gasteiger partial charge in [-0.3, -0.25) is 9.48 Å². The monoisotopic (exact) mass is 313 g/mol. The standard InChI is InChI=1S/C14H23N3O3S/c1-16(2)21(19,20)13-9-15-17(10-13)11-14(18)12-7-5-3-4-6-8-12/h9-10,12H,3-8,11H2,1-2H3. The zero-order chi connectivity index (χ0) is 15.5. The Balaban J connectivity index is 2.03. The molecule has 0 N–H and O–H groups in total. The zero-order valence-corrected chi connectivity index (χ0v) is 13.5. The van der Waals surface area contributed by atoms with E-state index in [0.717, 1.165) is 30.0 Å². The highest BCUT2D eigenvalue weighted by Gasteiger charge is 2.23. The molecule has 1 aromatic heterocycles. The van der Waals surface area contributed by atoms with Crippen molar-refractivity contribution in [2.24, 2.45) is 5.92 Å². The first kappa shape index (κ1) is 16.2. The van der Waals surface area contributed by atoms with Gasteiger partial charge in [0.2, 0.25) is 10.0 Å². The predicted molar refractivity (Wildman–Crippen MR) is 79.3 cm³/mol. The Morgan fingerprint density at radius 3 is 2.48 bits per heavy atom. The average Bonchev–Trinajstić information content (AvgIpc) is 2.73. The summed E-state index contributed by atoms with van der Waals surface area (Å²) in [6.45, 7) is 0.160. The van der Waals surface area contributed by atoms with E-state index in [9.17, 15) is 13.2 Å². The molecule has 2 rings (SSSR count). The van der Waals surface area contributed by atoms with E-state index < -0.39 is 10.0 Å². The minimum Gasteiger partial charge on any atom is -0.297 e. The molecule has 6 nitrogen and oxygen atoms in total. The Labute approximate surface area is 126 Å². The molecule has 0 saturated heterocycles. The molecule has 1 saturated carbocycles. The van der Waals surface area contributed by atoms with Crippen LogP contribution < -0.4 is 0 Å². The molecule has 1 aliphatic carbocycles. The fraction of sp³-hybridized carbons (Fsp3) is 0.714. The van der Waals surface area contributed by atoms with Gasteiger partial charge in [0, 0.05) is 26.2 Å². The van der Waals surface area contributed by atoms with Gasteiger partial charge in [-0.25, -0.2) is 12.7 Å². The number of rotatable bonds is 5. The maximum atomic E-state index is 12.3. The van der Waals surface area contributed by atoms with Crippen molar-refractivity contribution >= 4 is 15.8 Å². The van der Waals surface area contributed by atoms with Gasteiger partial charge in [-0.1, -0.05) is 25.7 Å². The molecule has 1 heterocycles. The van der Waals surface area contributed by atoms with Crippen LogP contribution in [0, 0.1) is 5.92 Å². The number of Topliss-reactive ketones (excluding diaryl/α,β-unsaturated/α-hetero) is 1. The van der Waals surface area contributed by atoms with E-state index in [0.29, 0.717) is 0 Å². The first-order chi connectivity index (χ1) is 9.91. The van der Waals surface area contributed by atoms with Gasteiger partial charge in [-0.15, -0.1) is 0 Å². The highest BCUT2D eigenvalue weighted by Crippen LogP contribution is 2.24. The molecule has 1 aliphatic rings. The normalized spacial score (nSPS) is 17.9. The molecule has 0 spiro atoms. The smallest absolute Gasteiger partial charge is 0.245 e. The fourth-order valence-electron chi connectivity index (χ4n) is 2.67. The molecule has 0 amide bonds. The molecule has 0 bridgehead atoms. The summed E-state index contributed by atoms with van der Waals surface area (Å²) in [7, 11) is -0.533. The lowest BCUT2D eigenvalue weighted by molar-refractivity contribution is -0.124. The molecule has 21 heavy (non-hydrogen) atoms. The molecule has 0 radical (unpaired) electrons. The number of sulfonamides is 1. The van der Waals surface area contributed by atoms with Crippen LogP contribution in [0.4, 0.5) is 0 Å². The Bertz CT molecular complexity index is 584. The van der Waals surface area contributed by atoms with Gasteiger partial charge in [0.25, 0.3) is 0 Å². The first-order valence-corrected chi connectivity index (χ1v) is 8.83. The van der Waals surface area contributed by atoms with Crippen LogP contribution in [0.2, 0.25) is 0 Å². The molecule has 0 aliphatic heterocycles. The van der Waals surface area contributed by atoms with Crippen LogP contribution in [0.25, 0.3) is 0 Å². The van der Waals surface area contributed by atoms with Gasteiger partial charge in [0.1, 0.15) is 4.90 Å². The van der Waals surface area contributed by atoms with E-state index in [2.05, 4.69) is 5.10 Å². The van der Waals surface area contributed by atoms with Crippen molar-refractivity contribution in [3.8, 4) is 0 Å². The number of hydrogen-bond acceptors (Lipinski definition) is 4. The zero-order valence-electron chi connectivity index (χ0n) is 12.7. The van der Waals surface area contributed by atoms with Crippen LogP contribution in [0.3, 0.4) is 0 Å². The SMILES string of the molecule is CN(C)S(=O)(=O)c1cnn(CC(=O)C2CCCCCC2)c1. The third-order valence-corrected chi connectivity index (χ3v) is 5.78. The highest BCUT2D eigenvalue weighted by atomic mass is 32.2. The largest absolute Gasteiger partial charge is 0.297 e. The summed E-state index contributed by atoms with van der Waals surface area (Å²) in [4.78, 5) is 12.4. The topological polar surface area (TPSA) is 72.3 Å². The van der Waals surface area contributed by atoms with Gasteiger partial charge in [0.05, 0.1) is 12.7 Å². The highest BCUT2D eigenvalue weighted by molar-refractivity contribution is 7.89. The molecule has 118 valence electrons. The van der Waals surface area contributed by atoms with E-state index in [-0.39, 0.29) is 23.1 Å². The van der Waals surface area contributed by atoms with Gasteiger partial charge in [-0.2, -0.15) is 5.10 Å². The lowest BCUT2D eigenvalue weighted by Gasteiger charge is -2.12. The fourth-order valence-corrected chi connectivity index (χ4v) is 3.52. The molecule has 0 unspecified atom stereocenters. The van der Waals surface area contributed by atoms with E-state index in [1.807, 2.05) is 0 Å². The second-order valence-corrected chi connectivity index (χ2v) is 7.97. The number of hydrogen-bond donors (Lipinski definition) is 0. The summed E-state index contributed by atoms with van der Waals surface area (Å²) in [5, 5.41) is 4.01. The van der Waals surface area contributed by atoms with Gasteiger partial charge >= 0.3 is 0 Å². The van der Waals surface area contributed by atoms with E-state index in [1.54, 1.807) is 0 Å². The molecule has 1 aromatic rings. The Hall–Kier alpha value is -1.21. The van der Waals surface area contributed by atoms with Crippen molar-refractivity contribution in [2.75, 3.05) is 14.1 Å². The number of nitrogens with zero attached hydrogens (tertiary/aromatic N) is 3. The second kappa shape index (κ2) is 6.70. The minimum absolute atomic E-state index is 0.102. The quantitative estimate of drug-likeness (QED) is 0.775. The second-order valence-electron chi connectivity index (χ2n) is 5.82. The summed E-state index contributed by atoms with van der Waals surface area (Å²) >= 11 is 0. The molecule has 1 fully saturated rings. The van der Waals surface area contributed by atoms with Crippen molar-refractivity contribution in [3.63, 3.8) is 0 Å². The van der Waals surface area contributed by atoms with Crippen molar-refractivity contribution in [2.45, 2.75) is 50.0 Å². The third-order valence-electron chi connectivity index (χ3n) is 4.02. The maximum Gasteiger partial charge on any atom is 0.245 e. The van der Waals surface area contributed by atoms with E-state index >= 15 is 0 Å². The molecular formula is C14H23N3O3S. The number of carbonyl (C=O) groups excluding carboxylic acids is 1. The Morgan fingerprint density at radius 2 is 1.90 bits per heavy atom. The molecule has 7 heteroatoms. The summed E-state index contributed by atoms with van der Waals surface area (Å²) in [6, 6.07) is 0. The lowest BCUT2D eigenvalue weighted by Crippen LogP contribution is -2.22. The number of carbonyl (C=O) groups is 1.